The average molecular weight is 175 g/mol. The number of hydrogen-bond acceptors (Lipinski definition) is 3. The summed E-state index contributed by atoms with van der Waals surface area (Å²) in [6.45, 7) is 1.88. The van der Waals surface area contributed by atoms with E-state index in [0.717, 1.165) is 5.69 Å². The van der Waals surface area contributed by atoms with Crippen LogP contribution in [0.4, 0.5) is 0 Å². The number of aromatic nitrogens is 2. The maximum atomic E-state index is 10.5. The molecule has 0 radical (unpaired) electrons. The van der Waals surface area contributed by atoms with Crippen LogP contribution in [0.25, 0.3) is 5.65 Å². The van der Waals surface area contributed by atoms with Crippen molar-refractivity contribution < 1.29 is 9.90 Å². The third-order valence-corrected chi connectivity index (χ3v) is 1.91. The average Bonchev–Trinajstić information content (AvgIpc) is 2.49. The highest BCUT2D eigenvalue weighted by molar-refractivity contribution is 5.84. The van der Waals surface area contributed by atoms with Gasteiger partial charge in [0, 0.05) is 11.9 Å². The minimum absolute atomic E-state index is 0.0331. The molecule has 0 bridgehead atoms. The van der Waals surface area contributed by atoms with E-state index >= 15 is 0 Å². The summed E-state index contributed by atoms with van der Waals surface area (Å²) < 4.78 is 1.71. The smallest absolute Gasteiger partial charge is 0.137 e. The Morgan fingerprint density at radius 3 is 2.92 bits per heavy atom. The first kappa shape index (κ1) is 7.79. The van der Waals surface area contributed by atoms with Crippen molar-refractivity contribution in [3.63, 3.8) is 0 Å². The summed E-state index contributed by atoms with van der Waals surface area (Å²) in [6.07, 6.45) is 1.46. The van der Waals surface area contributed by atoms with Crippen LogP contribution in [0.15, 0.2) is 24.4 Å². The van der Waals surface area contributed by atoms with Crippen molar-refractivity contribution in [1.82, 2.24) is 9.38 Å². The first-order valence-corrected chi connectivity index (χ1v) is 3.84. The van der Waals surface area contributed by atoms with Crippen LogP contribution < -0.4 is 5.11 Å². The maximum Gasteiger partial charge on any atom is 0.137 e. The highest BCUT2D eigenvalue weighted by Gasteiger charge is 2.02. The first-order valence-electron chi connectivity index (χ1n) is 3.84. The predicted molar refractivity (Wildman–Crippen MR) is 44.3 cm³/mol. The molecular weight excluding hydrogens is 168 g/mol. The van der Waals surface area contributed by atoms with Gasteiger partial charge in [-0.05, 0) is 19.1 Å². The molecule has 4 nitrogen and oxygen atoms in total. The predicted octanol–water partition coefficient (Wildman–Crippen LogP) is 0.00622. The van der Waals surface area contributed by atoms with Gasteiger partial charge in [-0.1, -0.05) is 6.07 Å². The number of rotatable bonds is 1. The quantitative estimate of drug-likeness (QED) is 0.613. The number of imidazole rings is 1. The summed E-state index contributed by atoms with van der Waals surface area (Å²) in [4.78, 5) is 14.4. The zero-order valence-electron chi connectivity index (χ0n) is 7.02. The summed E-state index contributed by atoms with van der Waals surface area (Å²) in [5.74, 6) is -1.25. The van der Waals surface area contributed by atoms with Crippen LogP contribution in [0.3, 0.4) is 0 Å². The lowest BCUT2D eigenvalue weighted by Crippen LogP contribution is -2.22. The lowest BCUT2D eigenvalue weighted by atomic mass is 10.4. The fourth-order valence-corrected chi connectivity index (χ4v) is 1.25. The SMILES string of the molecule is Cc1cccc2nc(C(=O)[O-])cn12. The first-order chi connectivity index (χ1) is 6.18. The third-order valence-electron chi connectivity index (χ3n) is 1.91. The van der Waals surface area contributed by atoms with E-state index in [0.29, 0.717) is 5.65 Å². The molecule has 66 valence electrons. The van der Waals surface area contributed by atoms with Gasteiger partial charge in [-0.15, -0.1) is 0 Å². The summed E-state index contributed by atoms with van der Waals surface area (Å²) in [6, 6.07) is 5.46. The molecule has 2 aromatic heterocycles. The fraction of sp³-hybridized carbons (Fsp3) is 0.111. The number of nitrogens with zero attached hydrogens (tertiary/aromatic N) is 2. The zero-order chi connectivity index (χ0) is 9.42. The van der Waals surface area contributed by atoms with Gasteiger partial charge >= 0.3 is 0 Å². The molecule has 2 aromatic rings. The molecule has 0 amide bonds. The highest BCUT2D eigenvalue weighted by Crippen LogP contribution is 2.07. The molecule has 0 aromatic carbocycles. The molecule has 2 rings (SSSR count). The largest absolute Gasteiger partial charge is 0.543 e. The third kappa shape index (κ3) is 1.16. The molecule has 0 aliphatic rings. The van der Waals surface area contributed by atoms with Crippen molar-refractivity contribution in [2.24, 2.45) is 0 Å². The van der Waals surface area contributed by atoms with Gasteiger partial charge < -0.3 is 14.3 Å². The zero-order valence-corrected chi connectivity index (χ0v) is 7.02. The molecule has 4 heteroatoms. The molecule has 0 saturated heterocycles. The van der Waals surface area contributed by atoms with Crippen molar-refractivity contribution in [1.29, 1.82) is 0 Å². The minimum atomic E-state index is -1.25. The van der Waals surface area contributed by atoms with E-state index in [1.54, 1.807) is 10.5 Å². The van der Waals surface area contributed by atoms with Gasteiger partial charge in [0.05, 0.1) is 5.97 Å². The van der Waals surface area contributed by atoms with Gasteiger partial charge in [-0.25, -0.2) is 4.98 Å². The second kappa shape index (κ2) is 2.58. The van der Waals surface area contributed by atoms with Gasteiger partial charge in [0.1, 0.15) is 11.3 Å². The monoisotopic (exact) mass is 175 g/mol. The Balaban J connectivity index is 2.75. The Kier molecular flexibility index (Phi) is 1.55. The minimum Gasteiger partial charge on any atom is -0.543 e. The number of hydrogen-bond donors (Lipinski definition) is 0. The van der Waals surface area contributed by atoms with Crippen LogP contribution in [0.5, 0.6) is 0 Å². The van der Waals surface area contributed by atoms with Crippen molar-refractivity contribution in [3.05, 3.63) is 35.8 Å². The van der Waals surface area contributed by atoms with Gasteiger partial charge in [-0.2, -0.15) is 0 Å². The number of carbonyl (C=O) groups excluding carboxylic acids is 1. The molecule has 0 N–H and O–H groups in total. The summed E-state index contributed by atoms with van der Waals surface area (Å²) in [5.41, 5.74) is 1.53. The molecule has 0 aliphatic heterocycles. The Morgan fingerprint density at radius 1 is 1.54 bits per heavy atom. The number of carboxylic acid groups (broad SMARTS) is 1. The normalized spacial score (nSPS) is 10.5. The number of aryl methyl sites for hydroxylation is 1. The lowest BCUT2D eigenvalue weighted by molar-refractivity contribution is -0.255. The number of fused-ring (bicyclic) bond motifs is 1. The Bertz CT molecular complexity index is 473. The number of carbonyl (C=O) groups is 1. The van der Waals surface area contributed by atoms with Crippen molar-refractivity contribution in [2.45, 2.75) is 6.92 Å². The second-order valence-electron chi connectivity index (χ2n) is 2.81. The molecule has 0 spiro atoms. The van der Waals surface area contributed by atoms with E-state index in [1.807, 2.05) is 19.1 Å². The van der Waals surface area contributed by atoms with Gasteiger partial charge in [0.2, 0.25) is 0 Å². The van der Waals surface area contributed by atoms with Crippen LogP contribution in [-0.4, -0.2) is 15.4 Å². The Labute approximate surface area is 74.5 Å². The lowest BCUT2D eigenvalue weighted by Gasteiger charge is -1.95. The molecule has 0 atom stereocenters. The van der Waals surface area contributed by atoms with E-state index < -0.39 is 5.97 Å². The van der Waals surface area contributed by atoms with Crippen LogP contribution in [0.2, 0.25) is 0 Å². The van der Waals surface area contributed by atoms with E-state index in [9.17, 15) is 9.90 Å². The molecular formula is C9H7N2O2-. The van der Waals surface area contributed by atoms with E-state index in [-0.39, 0.29) is 5.69 Å². The number of carboxylic acids is 1. The van der Waals surface area contributed by atoms with Crippen molar-refractivity contribution >= 4 is 11.6 Å². The summed E-state index contributed by atoms with van der Waals surface area (Å²) in [5, 5.41) is 10.5. The molecule has 13 heavy (non-hydrogen) atoms. The molecule has 0 aliphatic carbocycles. The van der Waals surface area contributed by atoms with Gasteiger partial charge in [0.25, 0.3) is 0 Å². The Morgan fingerprint density at radius 2 is 2.31 bits per heavy atom. The van der Waals surface area contributed by atoms with Crippen molar-refractivity contribution in [3.8, 4) is 0 Å². The molecule has 0 saturated carbocycles. The van der Waals surface area contributed by atoms with Crippen LogP contribution >= 0.6 is 0 Å². The Hall–Kier alpha value is -1.84. The standard InChI is InChI=1S/C9H8N2O2/c1-6-3-2-4-8-10-7(9(12)13)5-11(6)8/h2-5H,1H3,(H,12,13)/p-1. The topological polar surface area (TPSA) is 57.4 Å². The van der Waals surface area contributed by atoms with E-state index in [4.69, 9.17) is 0 Å². The summed E-state index contributed by atoms with van der Waals surface area (Å²) >= 11 is 0. The second-order valence-corrected chi connectivity index (χ2v) is 2.81. The van der Waals surface area contributed by atoms with Crippen molar-refractivity contribution in [2.75, 3.05) is 0 Å². The van der Waals surface area contributed by atoms with Crippen LogP contribution in [0.1, 0.15) is 16.2 Å². The highest BCUT2D eigenvalue weighted by atomic mass is 16.4. The maximum absolute atomic E-state index is 10.5. The van der Waals surface area contributed by atoms with Crippen LogP contribution in [-0.2, 0) is 0 Å². The van der Waals surface area contributed by atoms with E-state index in [1.165, 1.54) is 6.20 Å². The van der Waals surface area contributed by atoms with Crippen LogP contribution in [0, 0.1) is 6.92 Å². The molecule has 0 unspecified atom stereocenters. The van der Waals surface area contributed by atoms with Gasteiger partial charge in [0.15, 0.2) is 0 Å². The summed E-state index contributed by atoms with van der Waals surface area (Å²) in [7, 11) is 0. The fourth-order valence-electron chi connectivity index (χ4n) is 1.25. The number of aromatic carboxylic acids is 1. The van der Waals surface area contributed by atoms with Gasteiger partial charge in [-0.3, -0.25) is 0 Å². The molecule has 0 fully saturated rings. The molecule has 2 heterocycles. The number of pyridine rings is 1. The van der Waals surface area contributed by atoms with E-state index in [2.05, 4.69) is 4.98 Å².